The van der Waals surface area contributed by atoms with Crippen LogP contribution < -0.4 is 10.6 Å². The molecule has 0 fully saturated rings. The van der Waals surface area contributed by atoms with Gasteiger partial charge >= 0.3 is 0 Å². The minimum Gasteiger partial charge on any atom is -0.394 e. The van der Waals surface area contributed by atoms with Gasteiger partial charge in [-0.3, -0.25) is 4.79 Å². The van der Waals surface area contributed by atoms with E-state index in [-0.39, 0.29) is 18.6 Å². The molecule has 18 heavy (non-hydrogen) atoms. The molecule has 3 N–H and O–H groups in total. The van der Waals surface area contributed by atoms with E-state index in [1.807, 2.05) is 19.1 Å². The fourth-order valence-electron chi connectivity index (χ4n) is 2.28. The van der Waals surface area contributed by atoms with Crippen molar-refractivity contribution in [3.63, 3.8) is 0 Å². The lowest BCUT2D eigenvalue weighted by Crippen LogP contribution is -2.38. The molecule has 4 heteroatoms. The molecule has 1 aliphatic rings. The molecule has 0 saturated carbocycles. The van der Waals surface area contributed by atoms with Crippen LogP contribution in [0.1, 0.15) is 34.8 Å². The molecular formula is C14H20N2O2. The molecule has 1 amide bonds. The van der Waals surface area contributed by atoms with Gasteiger partial charge in [-0.1, -0.05) is 19.1 Å². The molecule has 0 aromatic heterocycles. The largest absolute Gasteiger partial charge is 0.394 e. The normalized spacial score (nSPS) is 15.9. The van der Waals surface area contributed by atoms with Crippen molar-refractivity contribution >= 4 is 5.91 Å². The fraction of sp³-hybridized carbons (Fsp3) is 0.500. The van der Waals surface area contributed by atoms with Crippen molar-refractivity contribution in [2.24, 2.45) is 0 Å². The van der Waals surface area contributed by atoms with Crippen LogP contribution in [0.4, 0.5) is 0 Å². The summed E-state index contributed by atoms with van der Waals surface area (Å²) in [5, 5.41) is 15.3. The summed E-state index contributed by atoms with van der Waals surface area (Å²) in [6.45, 7) is 3.67. The molecule has 98 valence electrons. The predicted molar refractivity (Wildman–Crippen MR) is 70.5 cm³/mol. The fourth-order valence-corrected chi connectivity index (χ4v) is 2.28. The molecule has 0 radical (unpaired) electrons. The number of carbonyl (C=O) groups is 1. The molecule has 1 aliphatic heterocycles. The highest BCUT2D eigenvalue weighted by molar-refractivity contribution is 5.96. The third-order valence-corrected chi connectivity index (χ3v) is 3.43. The summed E-state index contributed by atoms with van der Waals surface area (Å²) in [6, 6.07) is 5.68. The highest BCUT2D eigenvalue weighted by atomic mass is 16.3. The van der Waals surface area contributed by atoms with Crippen molar-refractivity contribution in [1.82, 2.24) is 10.6 Å². The van der Waals surface area contributed by atoms with E-state index >= 15 is 0 Å². The SMILES string of the molecule is CC[C@@H](CO)NC(=O)c1cccc2c1CCNC2. The van der Waals surface area contributed by atoms with Gasteiger partial charge in [-0.05, 0) is 36.6 Å². The average molecular weight is 248 g/mol. The van der Waals surface area contributed by atoms with Gasteiger partial charge in [0.25, 0.3) is 5.91 Å². The van der Waals surface area contributed by atoms with Crippen molar-refractivity contribution in [2.45, 2.75) is 32.4 Å². The van der Waals surface area contributed by atoms with Gasteiger partial charge in [-0.15, -0.1) is 0 Å². The number of aliphatic hydroxyl groups excluding tert-OH is 1. The molecule has 0 spiro atoms. The van der Waals surface area contributed by atoms with E-state index in [2.05, 4.69) is 16.7 Å². The third kappa shape index (κ3) is 2.71. The molecule has 0 saturated heterocycles. The van der Waals surface area contributed by atoms with Gasteiger partial charge in [-0.25, -0.2) is 0 Å². The Morgan fingerprint density at radius 1 is 1.56 bits per heavy atom. The van der Waals surface area contributed by atoms with Gasteiger partial charge in [0.05, 0.1) is 12.6 Å². The second kappa shape index (κ2) is 5.98. The van der Waals surface area contributed by atoms with E-state index in [0.29, 0.717) is 0 Å². The van der Waals surface area contributed by atoms with Crippen molar-refractivity contribution in [2.75, 3.05) is 13.2 Å². The number of nitrogens with one attached hydrogen (secondary N) is 2. The monoisotopic (exact) mass is 248 g/mol. The number of benzene rings is 1. The van der Waals surface area contributed by atoms with Crippen LogP contribution in [-0.2, 0) is 13.0 Å². The number of hydrogen-bond acceptors (Lipinski definition) is 3. The van der Waals surface area contributed by atoms with Crippen LogP contribution in [-0.4, -0.2) is 30.2 Å². The van der Waals surface area contributed by atoms with Gasteiger partial charge in [0.2, 0.25) is 0 Å². The Morgan fingerprint density at radius 3 is 3.11 bits per heavy atom. The Balaban J connectivity index is 2.20. The molecule has 0 aliphatic carbocycles. The first-order valence-corrected chi connectivity index (χ1v) is 6.49. The molecule has 0 bridgehead atoms. The third-order valence-electron chi connectivity index (χ3n) is 3.43. The lowest BCUT2D eigenvalue weighted by molar-refractivity contribution is 0.0913. The molecule has 0 unspecified atom stereocenters. The van der Waals surface area contributed by atoms with Crippen molar-refractivity contribution in [1.29, 1.82) is 0 Å². The highest BCUT2D eigenvalue weighted by Gasteiger charge is 2.18. The zero-order valence-corrected chi connectivity index (χ0v) is 10.7. The first-order chi connectivity index (χ1) is 8.76. The maximum atomic E-state index is 12.2. The molecule has 1 aromatic rings. The maximum absolute atomic E-state index is 12.2. The van der Waals surface area contributed by atoms with Crippen LogP contribution in [0.5, 0.6) is 0 Å². The van der Waals surface area contributed by atoms with Crippen LogP contribution in [0.2, 0.25) is 0 Å². The Bertz CT molecular complexity index is 428. The lowest BCUT2D eigenvalue weighted by Gasteiger charge is -2.21. The van der Waals surface area contributed by atoms with Crippen molar-refractivity contribution in [3.8, 4) is 0 Å². The predicted octanol–water partition coefficient (Wildman–Crippen LogP) is 0.833. The van der Waals surface area contributed by atoms with E-state index in [1.165, 1.54) is 5.56 Å². The number of carbonyl (C=O) groups excluding carboxylic acids is 1. The van der Waals surface area contributed by atoms with E-state index in [1.54, 1.807) is 0 Å². The van der Waals surface area contributed by atoms with E-state index < -0.39 is 0 Å². The Kier molecular flexibility index (Phi) is 4.33. The second-order valence-corrected chi connectivity index (χ2v) is 4.63. The van der Waals surface area contributed by atoms with Gasteiger partial charge in [-0.2, -0.15) is 0 Å². The smallest absolute Gasteiger partial charge is 0.251 e. The number of hydrogen-bond donors (Lipinski definition) is 3. The topological polar surface area (TPSA) is 61.4 Å². The van der Waals surface area contributed by atoms with Crippen LogP contribution >= 0.6 is 0 Å². The first-order valence-electron chi connectivity index (χ1n) is 6.49. The second-order valence-electron chi connectivity index (χ2n) is 4.63. The summed E-state index contributed by atoms with van der Waals surface area (Å²) in [5.74, 6) is -0.0744. The zero-order chi connectivity index (χ0) is 13.0. The summed E-state index contributed by atoms with van der Waals surface area (Å²) < 4.78 is 0. The zero-order valence-electron chi connectivity index (χ0n) is 10.7. The molecule has 1 aromatic carbocycles. The van der Waals surface area contributed by atoms with Crippen LogP contribution in [0.3, 0.4) is 0 Å². The van der Waals surface area contributed by atoms with Gasteiger partial charge < -0.3 is 15.7 Å². The van der Waals surface area contributed by atoms with Gasteiger partial charge in [0.1, 0.15) is 0 Å². The van der Waals surface area contributed by atoms with Crippen LogP contribution in [0.15, 0.2) is 18.2 Å². The number of rotatable bonds is 4. The molecule has 1 heterocycles. The highest BCUT2D eigenvalue weighted by Crippen LogP contribution is 2.18. The van der Waals surface area contributed by atoms with E-state index in [0.717, 1.165) is 37.1 Å². The van der Waals surface area contributed by atoms with Crippen molar-refractivity contribution < 1.29 is 9.90 Å². The number of fused-ring (bicyclic) bond motifs is 1. The number of aliphatic hydroxyl groups is 1. The van der Waals surface area contributed by atoms with Crippen molar-refractivity contribution in [3.05, 3.63) is 34.9 Å². The summed E-state index contributed by atoms with van der Waals surface area (Å²) in [6.07, 6.45) is 1.62. The molecular weight excluding hydrogens is 228 g/mol. The summed E-state index contributed by atoms with van der Waals surface area (Å²) in [5.41, 5.74) is 3.09. The summed E-state index contributed by atoms with van der Waals surface area (Å²) in [7, 11) is 0. The first kappa shape index (κ1) is 13.1. The van der Waals surface area contributed by atoms with Gasteiger partial charge in [0, 0.05) is 12.1 Å². The quantitative estimate of drug-likeness (QED) is 0.739. The van der Waals surface area contributed by atoms with E-state index in [4.69, 9.17) is 5.11 Å². The summed E-state index contributed by atoms with van der Waals surface area (Å²) in [4.78, 5) is 12.2. The minimum absolute atomic E-state index is 0.0151. The lowest BCUT2D eigenvalue weighted by atomic mass is 9.95. The Labute approximate surface area is 107 Å². The maximum Gasteiger partial charge on any atom is 0.251 e. The van der Waals surface area contributed by atoms with Gasteiger partial charge in [0.15, 0.2) is 0 Å². The Morgan fingerprint density at radius 2 is 2.39 bits per heavy atom. The minimum atomic E-state index is -0.157. The molecule has 4 nitrogen and oxygen atoms in total. The Hall–Kier alpha value is -1.39. The number of amides is 1. The van der Waals surface area contributed by atoms with E-state index in [9.17, 15) is 4.79 Å². The summed E-state index contributed by atoms with van der Waals surface area (Å²) >= 11 is 0. The van der Waals surface area contributed by atoms with Crippen LogP contribution in [0, 0.1) is 0 Å². The van der Waals surface area contributed by atoms with Crippen LogP contribution in [0.25, 0.3) is 0 Å². The standard InChI is InChI=1S/C14H20N2O2/c1-2-11(9-17)16-14(18)13-5-3-4-10-8-15-7-6-12(10)13/h3-5,11,15,17H,2,6-9H2,1H3,(H,16,18)/t11-/m0/s1. The average Bonchev–Trinajstić information content (AvgIpc) is 2.43. The molecule has 2 rings (SSSR count). The molecule has 1 atom stereocenters.